The first-order valence-corrected chi connectivity index (χ1v) is 27.1. The lowest BCUT2D eigenvalue weighted by atomic mass is 10.1. The normalized spacial score (nSPS) is 12.3. The number of carbonyl (C=O) groups is 4. The minimum absolute atomic E-state index is 0. The van der Waals surface area contributed by atoms with Gasteiger partial charge in [0.2, 0.25) is 0 Å². The average molecular weight is 1090 g/mol. The quantitative estimate of drug-likeness (QED) is 0.0248. The van der Waals surface area contributed by atoms with Crippen molar-refractivity contribution in [1.82, 2.24) is 9.80 Å². The maximum absolute atomic E-state index is 12.2. The van der Waals surface area contributed by atoms with Crippen LogP contribution in [0.3, 0.4) is 0 Å². The summed E-state index contributed by atoms with van der Waals surface area (Å²) >= 11 is 28.4. The second-order valence-corrected chi connectivity index (χ2v) is 20.4. The molecule has 4 amide bonds. The summed E-state index contributed by atoms with van der Waals surface area (Å²) in [5, 5.41) is 3.34. The molecule has 0 radical (unpaired) electrons. The van der Waals surface area contributed by atoms with Crippen molar-refractivity contribution in [3.8, 4) is 0 Å². The van der Waals surface area contributed by atoms with Crippen LogP contribution in [0.4, 0.5) is 0 Å². The number of thioether (sulfide) groups is 2. The SMILES string of the molecule is C.NCCCCCCSc1ccc(Cl)cc1.O=C1c2ccccc2C(=O)N1CCCCCCBr.O=C1c2ccccc2C(=O)N1CCCCCCSc1ccc(Cl)cc1.Sc1ccc(Cl)cc1. The maximum Gasteiger partial charge on any atom is 0.261 e. The van der Waals surface area contributed by atoms with Gasteiger partial charge in [-0.15, -0.1) is 36.2 Å². The number of carbonyl (C=O) groups excluding carboxylic acids is 4. The second-order valence-electron chi connectivity index (χ2n) is 15.4. The summed E-state index contributed by atoms with van der Waals surface area (Å²) in [7, 11) is 0. The van der Waals surface area contributed by atoms with Gasteiger partial charge in [-0.3, -0.25) is 29.0 Å². The molecule has 14 heteroatoms. The molecule has 7 rings (SSSR count). The van der Waals surface area contributed by atoms with Gasteiger partial charge in [-0.1, -0.05) is 121 Å². The van der Waals surface area contributed by atoms with Crippen LogP contribution in [0.5, 0.6) is 0 Å². The Kier molecular flexibility index (Phi) is 28.9. The van der Waals surface area contributed by atoms with Gasteiger partial charge in [-0.05, 0) is 154 Å². The standard InChI is InChI=1S/C20H20ClNO2S.C14H16BrNO2.C12H18ClNS.C6H5ClS.CH4/c21-15-9-11-16(12-10-15)25-14-6-2-1-5-13-22-19(23)17-7-3-4-8-18(17)20(22)24;15-9-5-1-2-6-10-16-13(17)11-7-3-4-8-12(11)14(16)18;13-11-5-7-12(8-6-11)15-10-4-2-1-3-9-14;7-5-1-3-6(8)4-2-5;/h3-4,7-12H,1-2,5-6,13-14H2;3-4,7-8H,1-2,5-6,9-10H2;5-8H,1-4,9-10,14H2;1-4,8H;1H4. The molecule has 5 aromatic rings. The zero-order chi connectivity index (χ0) is 47.5. The van der Waals surface area contributed by atoms with Crippen LogP contribution >= 0.6 is 86.9 Å². The Morgan fingerprint density at radius 2 is 0.761 bits per heavy atom. The van der Waals surface area contributed by atoms with Crippen LogP contribution in [0.1, 0.15) is 126 Å². The lowest BCUT2D eigenvalue weighted by molar-refractivity contribution is 0.0636. The Balaban J connectivity index is 0.000000251. The number of rotatable bonds is 21. The van der Waals surface area contributed by atoms with Crippen LogP contribution in [0.15, 0.2) is 136 Å². The van der Waals surface area contributed by atoms with Crippen molar-refractivity contribution in [3.05, 3.63) is 159 Å². The van der Waals surface area contributed by atoms with Crippen LogP contribution in [0.2, 0.25) is 15.1 Å². The average Bonchev–Trinajstić information content (AvgIpc) is 3.72. The molecule has 2 heterocycles. The molecule has 7 nitrogen and oxygen atoms in total. The van der Waals surface area contributed by atoms with E-state index in [1.54, 1.807) is 48.5 Å². The number of hydrogen-bond acceptors (Lipinski definition) is 8. The van der Waals surface area contributed by atoms with Crippen molar-refractivity contribution in [3.63, 3.8) is 0 Å². The van der Waals surface area contributed by atoms with E-state index in [-0.39, 0.29) is 31.1 Å². The molecule has 0 fully saturated rings. The van der Waals surface area contributed by atoms with Crippen LogP contribution in [-0.4, -0.2) is 69.9 Å². The van der Waals surface area contributed by atoms with E-state index in [1.165, 1.54) is 44.6 Å². The Labute approximate surface area is 436 Å². The van der Waals surface area contributed by atoms with E-state index in [2.05, 4.69) is 40.7 Å². The van der Waals surface area contributed by atoms with Gasteiger partial charge < -0.3 is 5.73 Å². The molecule has 360 valence electrons. The molecule has 2 N–H and O–H groups in total. The highest BCUT2D eigenvalue weighted by molar-refractivity contribution is 9.09. The van der Waals surface area contributed by atoms with Crippen molar-refractivity contribution >= 4 is 111 Å². The topological polar surface area (TPSA) is 101 Å². The molecule has 0 unspecified atom stereocenters. The number of nitrogens with two attached hydrogens (primary N) is 1. The first-order chi connectivity index (χ1) is 32.0. The third kappa shape index (κ3) is 20.7. The van der Waals surface area contributed by atoms with Gasteiger partial charge in [-0.25, -0.2) is 0 Å². The molecular weight excluding hydrogens is 1030 g/mol. The summed E-state index contributed by atoms with van der Waals surface area (Å²) in [6, 6.07) is 37.3. The van der Waals surface area contributed by atoms with Crippen molar-refractivity contribution in [2.75, 3.05) is 36.5 Å². The fourth-order valence-corrected chi connectivity index (χ4v) is 9.56. The largest absolute Gasteiger partial charge is 0.330 e. The van der Waals surface area contributed by atoms with Gasteiger partial charge in [0.25, 0.3) is 23.6 Å². The highest BCUT2D eigenvalue weighted by Crippen LogP contribution is 2.26. The number of halogens is 4. The minimum atomic E-state index is -0.154. The number of thiol groups is 1. The van der Waals surface area contributed by atoms with E-state index >= 15 is 0 Å². The van der Waals surface area contributed by atoms with E-state index in [0.29, 0.717) is 35.3 Å². The first-order valence-electron chi connectivity index (χ1n) is 22.4. The molecule has 0 spiro atoms. The number of alkyl halides is 1. The van der Waals surface area contributed by atoms with Crippen molar-refractivity contribution < 1.29 is 19.2 Å². The zero-order valence-electron chi connectivity index (χ0n) is 37.2. The highest BCUT2D eigenvalue weighted by atomic mass is 79.9. The molecule has 0 saturated heterocycles. The van der Waals surface area contributed by atoms with Crippen LogP contribution < -0.4 is 5.73 Å². The first kappa shape index (κ1) is 58.1. The summed E-state index contributed by atoms with van der Waals surface area (Å²) < 4.78 is 0. The summed E-state index contributed by atoms with van der Waals surface area (Å²) in [5.41, 5.74) is 7.59. The Hall–Kier alpha value is -3.26. The Morgan fingerprint density at radius 3 is 1.09 bits per heavy atom. The number of nitrogens with zero attached hydrogens (tertiary/aromatic N) is 2. The molecule has 0 atom stereocenters. The van der Waals surface area contributed by atoms with Crippen LogP contribution in [0.25, 0.3) is 0 Å². The third-order valence-corrected chi connectivity index (χ3v) is 14.2. The van der Waals surface area contributed by atoms with Crippen LogP contribution in [0, 0.1) is 0 Å². The second kappa shape index (κ2) is 33.3. The number of benzene rings is 5. The van der Waals surface area contributed by atoms with Gasteiger partial charge >= 0.3 is 0 Å². The fraction of sp³-hybridized carbons (Fsp3) is 0.358. The molecule has 2 aliphatic rings. The lowest BCUT2D eigenvalue weighted by Gasteiger charge is -2.13. The molecular formula is C53H63BrCl3N3O4S3. The molecule has 2 aliphatic heterocycles. The van der Waals surface area contributed by atoms with E-state index in [1.807, 2.05) is 84.2 Å². The Morgan fingerprint density at radius 1 is 0.448 bits per heavy atom. The van der Waals surface area contributed by atoms with Crippen LogP contribution in [-0.2, 0) is 0 Å². The number of imide groups is 2. The Bertz CT molecular complexity index is 2160. The maximum atomic E-state index is 12.2. The predicted molar refractivity (Wildman–Crippen MR) is 292 cm³/mol. The highest BCUT2D eigenvalue weighted by Gasteiger charge is 2.35. The van der Waals surface area contributed by atoms with Gasteiger partial charge in [0, 0.05) is 48.2 Å². The van der Waals surface area contributed by atoms with Gasteiger partial charge in [-0.2, -0.15) is 0 Å². The van der Waals surface area contributed by atoms with Gasteiger partial charge in [0.1, 0.15) is 0 Å². The summed E-state index contributed by atoms with van der Waals surface area (Å²) in [6.07, 6.45) is 13.3. The molecule has 5 aromatic carbocycles. The van der Waals surface area contributed by atoms with Crippen molar-refractivity contribution in [2.45, 2.75) is 99.2 Å². The van der Waals surface area contributed by atoms with Gasteiger partial charge in [0.15, 0.2) is 0 Å². The van der Waals surface area contributed by atoms with E-state index in [0.717, 1.165) is 95.4 Å². The molecule has 67 heavy (non-hydrogen) atoms. The number of hydrogen-bond donors (Lipinski definition) is 2. The van der Waals surface area contributed by atoms with Crippen molar-refractivity contribution in [1.29, 1.82) is 0 Å². The zero-order valence-corrected chi connectivity index (χ0v) is 43.5. The number of amides is 4. The number of fused-ring (bicyclic) bond motifs is 2. The molecule has 0 bridgehead atoms. The van der Waals surface area contributed by atoms with E-state index in [9.17, 15) is 19.2 Å². The third-order valence-electron chi connectivity index (χ3n) is 10.4. The summed E-state index contributed by atoms with van der Waals surface area (Å²) in [6.45, 7) is 1.87. The number of unbranched alkanes of at least 4 members (excludes halogenated alkanes) is 9. The molecule has 0 aliphatic carbocycles. The molecule has 0 aromatic heterocycles. The molecule has 0 saturated carbocycles. The van der Waals surface area contributed by atoms with Crippen molar-refractivity contribution in [2.24, 2.45) is 5.73 Å². The minimum Gasteiger partial charge on any atom is -0.330 e. The van der Waals surface area contributed by atoms with E-state index < -0.39 is 0 Å². The monoisotopic (exact) mass is 1090 g/mol. The van der Waals surface area contributed by atoms with E-state index in [4.69, 9.17) is 40.5 Å². The lowest BCUT2D eigenvalue weighted by Crippen LogP contribution is -2.30. The fourth-order valence-electron chi connectivity index (χ4n) is 6.81. The predicted octanol–water partition coefficient (Wildman–Crippen LogP) is 15.7. The van der Waals surface area contributed by atoms with Gasteiger partial charge in [0.05, 0.1) is 22.3 Å². The smallest absolute Gasteiger partial charge is 0.261 e. The summed E-state index contributed by atoms with van der Waals surface area (Å²) in [5.74, 6) is 1.66. The summed E-state index contributed by atoms with van der Waals surface area (Å²) in [4.78, 5) is 54.8.